The van der Waals surface area contributed by atoms with Crippen LogP contribution in [0.15, 0.2) is 18.2 Å². The first-order chi connectivity index (χ1) is 9.24. The first-order valence-corrected chi connectivity index (χ1v) is 7.30. The maximum Gasteiger partial charge on any atom is 0.220 e. The predicted molar refractivity (Wildman–Crippen MR) is 76.8 cm³/mol. The minimum absolute atomic E-state index is 0.0920. The molecule has 0 spiro atoms. The van der Waals surface area contributed by atoms with Crippen LogP contribution in [0.4, 0.5) is 0 Å². The molecule has 2 rings (SSSR count). The Balaban J connectivity index is 2.07. The average Bonchev–Trinajstić information content (AvgIpc) is 2.44. The fourth-order valence-corrected chi connectivity index (χ4v) is 2.70. The van der Waals surface area contributed by atoms with Crippen molar-refractivity contribution in [1.82, 2.24) is 5.32 Å². The summed E-state index contributed by atoms with van der Waals surface area (Å²) in [5.74, 6) is 1.51. The quantitative estimate of drug-likeness (QED) is 0.842. The Morgan fingerprint density at radius 2 is 2.37 bits per heavy atom. The second-order valence-electron chi connectivity index (χ2n) is 4.87. The Kier molecular flexibility index (Phi) is 5.08. The number of nitrogens with one attached hydrogen (secondary N) is 1. The highest BCUT2D eigenvalue weighted by Gasteiger charge is 2.21. The summed E-state index contributed by atoms with van der Waals surface area (Å²) in [5, 5.41) is 3.11. The Bertz CT molecular complexity index is 448. The molecule has 1 aliphatic rings. The van der Waals surface area contributed by atoms with Gasteiger partial charge in [0.25, 0.3) is 0 Å². The van der Waals surface area contributed by atoms with Gasteiger partial charge in [0, 0.05) is 12.3 Å². The normalized spacial score (nSPS) is 17.7. The first kappa shape index (κ1) is 14.2. The van der Waals surface area contributed by atoms with E-state index < -0.39 is 0 Å². The number of aryl methyl sites for hydroxylation is 1. The van der Waals surface area contributed by atoms with Gasteiger partial charge < -0.3 is 10.1 Å². The SMILES string of the molecule is COc1ccc2c(c1)CCC[C@@H]2NC(=O)CCCCl. The molecule has 0 fully saturated rings. The minimum Gasteiger partial charge on any atom is -0.497 e. The third kappa shape index (κ3) is 3.63. The number of rotatable bonds is 5. The van der Waals surface area contributed by atoms with E-state index in [4.69, 9.17) is 16.3 Å². The zero-order chi connectivity index (χ0) is 13.7. The fourth-order valence-electron chi connectivity index (χ4n) is 2.56. The smallest absolute Gasteiger partial charge is 0.220 e. The van der Waals surface area contributed by atoms with Gasteiger partial charge in [-0.1, -0.05) is 6.07 Å². The maximum absolute atomic E-state index is 11.8. The van der Waals surface area contributed by atoms with Crippen molar-refractivity contribution in [1.29, 1.82) is 0 Å². The molecule has 0 saturated heterocycles. The standard InChI is InChI=1S/C15H20ClNO2/c1-19-12-7-8-13-11(10-12)4-2-5-14(13)17-15(18)6-3-9-16/h7-8,10,14H,2-6,9H2,1H3,(H,17,18)/t14-/m0/s1. The number of fused-ring (bicyclic) bond motifs is 1. The largest absolute Gasteiger partial charge is 0.497 e. The molecule has 0 saturated carbocycles. The molecule has 0 radical (unpaired) electrons. The van der Waals surface area contributed by atoms with E-state index in [9.17, 15) is 4.79 Å². The van der Waals surface area contributed by atoms with Gasteiger partial charge in [-0.2, -0.15) is 0 Å². The zero-order valence-electron chi connectivity index (χ0n) is 11.2. The van der Waals surface area contributed by atoms with Crippen LogP contribution in [-0.4, -0.2) is 18.9 Å². The lowest BCUT2D eigenvalue weighted by Crippen LogP contribution is -2.30. The van der Waals surface area contributed by atoms with Gasteiger partial charge in [0.15, 0.2) is 0 Å². The van der Waals surface area contributed by atoms with E-state index in [0.717, 1.165) is 31.4 Å². The van der Waals surface area contributed by atoms with Crippen LogP contribution in [0, 0.1) is 0 Å². The number of halogens is 1. The molecule has 0 bridgehead atoms. The van der Waals surface area contributed by atoms with Crippen molar-refractivity contribution in [2.45, 2.75) is 38.1 Å². The Labute approximate surface area is 119 Å². The van der Waals surface area contributed by atoms with E-state index in [1.807, 2.05) is 6.07 Å². The second-order valence-corrected chi connectivity index (χ2v) is 5.25. The third-order valence-corrected chi connectivity index (χ3v) is 3.80. The van der Waals surface area contributed by atoms with Crippen LogP contribution in [0.1, 0.15) is 42.9 Å². The molecule has 0 aliphatic heterocycles. The van der Waals surface area contributed by atoms with E-state index in [-0.39, 0.29) is 11.9 Å². The molecule has 104 valence electrons. The molecule has 0 heterocycles. The van der Waals surface area contributed by atoms with Crippen molar-refractivity contribution in [2.75, 3.05) is 13.0 Å². The van der Waals surface area contributed by atoms with Crippen LogP contribution in [0.25, 0.3) is 0 Å². The predicted octanol–water partition coefficient (Wildman–Crippen LogP) is 3.21. The van der Waals surface area contributed by atoms with E-state index in [0.29, 0.717) is 12.3 Å². The monoisotopic (exact) mass is 281 g/mol. The highest BCUT2D eigenvalue weighted by molar-refractivity contribution is 6.17. The van der Waals surface area contributed by atoms with E-state index in [1.54, 1.807) is 7.11 Å². The number of amides is 1. The maximum atomic E-state index is 11.8. The topological polar surface area (TPSA) is 38.3 Å². The van der Waals surface area contributed by atoms with Crippen molar-refractivity contribution >= 4 is 17.5 Å². The Morgan fingerprint density at radius 3 is 3.11 bits per heavy atom. The molecule has 0 unspecified atom stereocenters. The van der Waals surface area contributed by atoms with Gasteiger partial charge in [0.2, 0.25) is 5.91 Å². The molecule has 1 amide bonds. The average molecular weight is 282 g/mol. The molecular formula is C15H20ClNO2. The van der Waals surface area contributed by atoms with Crippen LogP contribution in [0.2, 0.25) is 0 Å². The van der Waals surface area contributed by atoms with Gasteiger partial charge in [-0.05, 0) is 48.9 Å². The zero-order valence-corrected chi connectivity index (χ0v) is 12.0. The summed E-state index contributed by atoms with van der Waals surface area (Å²) in [5.41, 5.74) is 2.51. The van der Waals surface area contributed by atoms with Gasteiger partial charge in [0.05, 0.1) is 13.2 Å². The molecule has 1 aliphatic carbocycles. The van der Waals surface area contributed by atoms with Crippen LogP contribution < -0.4 is 10.1 Å². The molecule has 1 aromatic carbocycles. The van der Waals surface area contributed by atoms with Crippen LogP contribution in [0.3, 0.4) is 0 Å². The highest BCUT2D eigenvalue weighted by atomic mass is 35.5. The lowest BCUT2D eigenvalue weighted by molar-refractivity contribution is -0.121. The van der Waals surface area contributed by atoms with Crippen molar-refractivity contribution in [3.63, 3.8) is 0 Å². The number of alkyl halides is 1. The highest BCUT2D eigenvalue weighted by Crippen LogP contribution is 2.32. The van der Waals surface area contributed by atoms with Crippen LogP contribution in [0.5, 0.6) is 5.75 Å². The number of methoxy groups -OCH3 is 1. The van der Waals surface area contributed by atoms with Crippen LogP contribution in [-0.2, 0) is 11.2 Å². The summed E-state index contributed by atoms with van der Waals surface area (Å²) in [7, 11) is 1.68. The lowest BCUT2D eigenvalue weighted by Gasteiger charge is -2.26. The Hall–Kier alpha value is -1.22. The summed E-state index contributed by atoms with van der Waals surface area (Å²) < 4.78 is 5.25. The van der Waals surface area contributed by atoms with E-state index in [1.165, 1.54) is 11.1 Å². The van der Waals surface area contributed by atoms with Crippen molar-refractivity contribution < 1.29 is 9.53 Å². The lowest BCUT2D eigenvalue weighted by atomic mass is 9.87. The number of hydrogen-bond donors (Lipinski definition) is 1. The molecule has 1 N–H and O–H groups in total. The molecule has 3 nitrogen and oxygen atoms in total. The summed E-state index contributed by atoms with van der Waals surface area (Å²) in [6, 6.07) is 6.24. The van der Waals surface area contributed by atoms with Crippen molar-refractivity contribution in [2.24, 2.45) is 0 Å². The van der Waals surface area contributed by atoms with E-state index >= 15 is 0 Å². The van der Waals surface area contributed by atoms with Gasteiger partial charge in [-0.15, -0.1) is 11.6 Å². The molecule has 19 heavy (non-hydrogen) atoms. The van der Waals surface area contributed by atoms with Gasteiger partial charge in [-0.3, -0.25) is 4.79 Å². The summed E-state index contributed by atoms with van der Waals surface area (Å²) in [4.78, 5) is 11.8. The summed E-state index contributed by atoms with van der Waals surface area (Å²) >= 11 is 5.61. The molecular weight excluding hydrogens is 262 g/mol. The van der Waals surface area contributed by atoms with Crippen LogP contribution >= 0.6 is 11.6 Å². The number of hydrogen-bond acceptors (Lipinski definition) is 2. The van der Waals surface area contributed by atoms with Gasteiger partial charge >= 0.3 is 0 Å². The second kappa shape index (κ2) is 6.80. The summed E-state index contributed by atoms with van der Waals surface area (Å²) in [6.45, 7) is 0. The van der Waals surface area contributed by atoms with Crippen molar-refractivity contribution in [3.05, 3.63) is 29.3 Å². The number of carbonyl (C=O) groups is 1. The molecule has 1 aromatic rings. The molecule has 4 heteroatoms. The Morgan fingerprint density at radius 1 is 1.53 bits per heavy atom. The molecule has 1 atom stereocenters. The number of carbonyl (C=O) groups excluding carboxylic acids is 1. The summed E-state index contributed by atoms with van der Waals surface area (Å²) in [6.07, 6.45) is 4.40. The first-order valence-electron chi connectivity index (χ1n) is 6.76. The third-order valence-electron chi connectivity index (χ3n) is 3.54. The van der Waals surface area contributed by atoms with Crippen molar-refractivity contribution in [3.8, 4) is 5.75 Å². The number of benzene rings is 1. The number of ether oxygens (including phenoxy) is 1. The fraction of sp³-hybridized carbons (Fsp3) is 0.533. The van der Waals surface area contributed by atoms with Gasteiger partial charge in [-0.25, -0.2) is 0 Å². The van der Waals surface area contributed by atoms with E-state index in [2.05, 4.69) is 17.4 Å². The minimum atomic E-state index is 0.0920. The van der Waals surface area contributed by atoms with Gasteiger partial charge in [0.1, 0.15) is 5.75 Å². The molecule has 0 aromatic heterocycles.